The number of rotatable bonds is 12. The van der Waals surface area contributed by atoms with Crippen LogP contribution in [0.25, 0.3) is 0 Å². The van der Waals surface area contributed by atoms with Gasteiger partial charge in [-0.25, -0.2) is 4.79 Å². The van der Waals surface area contributed by atoms with Crippen molar-refractivity contribution in [2.75, 3.05) is 12.3 Å². The molecule has 26 heavy (non-hydrogen) atoms. The maximum absolute atomic E-state index is 12.4. The second kappa shape index (κ2) is 12.4. The van der Waals surface area contributed by atoms with Crippen molar-refractivity contribution in [3.05, 3.63) is 0 Å². The second-order valence-electron chi connectivity index (χ2n) is 6.01. The summed E-state index contributed by atoms with van der Waals surface area (Å²) in [6.07, 6.45) is 1.45. The SMILES string of the molecule is CCC(C)C(NC(=O)C(N)CCCN=C(N)N)C(=O)NC(CS)C(=O)O. The molecule has 0 fully saturated rings. The minimum atomic E-state index is -1.20. The number of hydrogen-bond acceptors (Lipinski definition) is 6. The number of nitrogens with zero attached hydrogens (tertiary/aromatic N) is 1. The van der Waals surface area contributed by atoms with Crippen LogP contribution in [-0.2, 0) is 14.4 Å². The summed E-state index contributed by atoms with van der Waals surface area (Å²) >= 11 is 3.91. The molecule has 0 rings (SSSR count). The van der Waals surface area contributed by atoms with E-state index < -0.39 is 35.9 Å². The van der Waals surface area contributed by atoms with Crippen LogP contribution in [0.1, 0.15) is 33.1 Å². The van der Waals surface area contributed by atoms with Gasteiger partial charge in [0.1, 0.15) is 12.1 Å². The zero-order chi connectivity index (χ0) is 20.3. The minimum absolute atomic E-state index is 0.0336. The molecule has 0 spiro atoms. The number of thiol groups is 1. The van der Waals surface area contributed by atoms with Gasteiger partial charge in [0.25, 0.3) is 0 Å². The molecule has 9 N–H and O–H groups in total. The van der Waals surface area contributed by atoms with Crippen LogP contribution in [0, 0.1) is 5.92 Å². The Labute approximate surface area is 158 Å². The minimum Gasteiger partial charge on any atom is -0.480 e. The fourth-order valence-corrected chi connectivity index (χ4v) is 2.31. The Hall–Kier alpha value is -2.01. The van der Waals surface area contributed by atoms with Gasteiger partial charge in [-0.1, -0.05) is 20.3 Å². The average molecular weight is 391 g/mol. The molecule has 0 heterocycles. The lowest BCUT2D eigenvalue weighted by Gasteiger charge is -2.26. The number of nitrogens with one attached hydrogen (secondary N) is 2. The van der Waals surface area contributed by atoms with E-state index in [1.54, 1.807) is 6.92 Å². The molecule has 10 nitrogen and oxygen atoms in total. The van der Waals surface area contributed by atoms with E-state index in [-0.39, 0.29) is 17.6 Å². The summed E-state index contributed by atoms with van der Waals surface area (Å²) in [7, 11) is 0. The maximum atomic E-state index is 12.4. The van der Waals surface area contributed by atoms with Gasteiger partial charge >= 0.3 is 5.97 Å². The molecule has 11 heteroatoms. The topological polar surface area (TPSA) is 186 Å². The molecular formula is C15H30N6O4S. The van der Waals surface area contributed by atoms with Crippen LogP contribution in [0.3, 0.4) is 0 Å². The Bertz CT molecular complexity index is 512. The van der Waals surface area contributed by atoms with Crippen LogP contribution < -0.4 is 27.8 Å². The summed E-state index contributed by atoms with van der Waals surface area (Å²) in [6.45, 7) is 3.99. The van der Waals surface area contributed by atoms with Gasteiger partial charge in [-0.2, -0.15) is 12.6 Å². The Kier molecular flexibility index (Phi) is 11.4. The maximum Gasteiger partial charge on any atom is 0.327 e. The first kappa shape index (κ1) is 24.0. The molecule has 0 aliphatic carbocycles. The Morgan fingerprint density at radius 1 is 1.19 bits per heavy atom. The van der Waals surface area contributed by atoms with Crippen molar-refractivity contribution in [3.8, 4) is 0 Å². The smallest absolute Gasteiger partial charge is 0.327 e. The predicted octanol–water partition coefficient (Wildman–Crippen LogP) is -1.60. The van der Waals surface area contributed by atoms with Gasteiger partial charge in [-0.15, -0.1) is 0 Å². The highest BCUT2D eigenvalue weighted by molar-refractivity contribution is 7.80. The van der Waals surface area contributed by atoms with Gasteiger partial charge in [-0.3, -0.25) is 14.6 Å². The lowest BCUT2D eigenvalue weighted by atomic mass is 9.97. The van der Waals surface area contributed by atoms with E-state index in [1.807, 2.05) is 6.92 Å². The normalized spacial score (nSPS) is 15.2. The predicted molar refractivity (Wildman–Crippen MR) is 103 cm³/mol. The standard InChI is InChI=1S/C15H30N6O4S/c1-3-8(2)11(13(23)20-10(7-26)14(24)25)21-12(22)9(16)5-4-6-19-15(17)18/h8-11,26H,3-7,16H2,1-2H3,(H,20,23)(H,21,22)(H,24,25)(H4,17,18,19). The molecule has 4 atom stereocenters. The zero-order valence-electron chi connectivity index (χ0n) is 15.1. The molecule has 0 radical (unpaired) electrons. The summed E-state index contributed by atoms with van der Waals surface area (Å²) < 4.78 is 0. The number of carbonyl (C=O) groups is 3. The van der Waals surface area contributed by atoms with Crippen molar-refractivity contribution >= 4 is 36.4 Å². The van der Waals surface area contributed by atoms with Gasteiger partial charge < -0.3 is 32.9 Å². The van der Waals surface area contributed by atoms with Gasteiger partial charge in [-0.05, 0) is 18.8 Å². The molecule has 0 aromatic rings. The van der Waals surface area contributed by atoms with E-state index >= 15 is 0 Å². The van der Waals surface area contributed by atoms with Crippen LogP contribution in [-0.4, -0.2) is 59.3 Å². The molecular weight excluding hydrogens is 360 g/mol. The summed E-state index contributed by atoms with van der Waals surface area (Å²) in [4.78, 5) is 39.5. The second-order valence-corrected chi connectivity index (χ2v) is 6.37. The number of carbonyl (C=O) groups excluding carboxylic acids is 2. The summed E-state index contributed by atoms with van der Waals surface area (Å²) in [5, 5.41) is 14.0. The quantitative estimate of drug-likeness (QED) is 0.0904. The molecule has 4 unspecified atom stereocenters. The van der Waals surface area contributed by atoms with Gasteiger partial charge in [0.2, 0.25) is 11.8 Å². The Balaban J connectivity index is 4.83. The van der Waals surface area contributed by atoms with Crippen LogP contribution >= 0.6 is 12.6 Å². The highest BCUT2D eigenvalue weighted by Gasteiger charge is 2.30. The van der Waals surface area contributed by atoms with Crippen molar-refractivity contribution < 1.29 is 19.5 Å². The summed E-state index contributed by atoms with van der Waals surface area (Å²) in [6, 6.07) is -2.86. The van der Waals surface area contributed by atoms with Crippen molar-refractivity contribution in [2.24, 2.45) is 28.1 Å². The molecule has 0 bridgehead atoms. The van der Waals surface area contributed by atoms with Crippen molar-refractivity contribution in [1.29, 1.82) is 0 Å². The monoisotopic (exact) mass is 390 g/mol. The fraction of sp³-hybridized carbons (Fsp3) is 0.733. The lowest BCUT2D eigenvalue weighted by Crippen LogP contribution is -2.57. The van der Waals surface area contributed by atoms with Crippen molar-refractivity contribution in [2.45, 2.75) is 51.2 Å². The Morgan fingerprint density at radius 3 is 2.27 bits per heavy atom. The van der Waals surface area contributed by atoms with Crippen LogP contribution in [0.4, 0.5) is 0 Å². The van der Waals surface area contributed by atoms with E-state index in [2.05, 4.69) is 28.3 Å². The third-order valence-corrected chi connectivity index (χ3v) is 4.26. The number of nitrogens with two attached hydrogens (primary N) is 3. The molecule has 0 aromatic heterocycles. The third-order valence-electron chi connectivity index (χ3n) is 3.89. The van der Waals surface area contributed by atoms with Crippen LogP contribution in [0.15, 0.2) is 4.99 Å². The summed E-state index contributed by atoms with van der Waals surface area (Å²) in [5.41, 5.74) is 16.3. The number of aliphatic imine (C=N–C) groups is 1. The van der Waals surface area contributed by atoms with E-state index in [0.29, 0.717) is 25.8 Å². The van der Waals surface area contributed by atoms with E-state index in [9.17, 15) is 14.4 Å². The number of guanidine groups is 1. The number of amides is 2. The number of carboxylic acid groups (broad SMARTS) is 1. The van der Waals surface area contributed by atoms with E-state index in [0.717, 1.165) is 0 Å². The molecule has 0 saturated carbocycles. The largest absolute Gasteiger partial charge is 0.480 e. The molecule has 150 valence electrons. The van der Waals surface area contributed by atoms with Crippen molar-refractivity contribution in [3.63, 3.8) is 0 Å². The first-order valence-corrected chi connectivity index (χ1v) is 9.02. The third kappa shape index (κ3) is 8.90. The van der Waals surface area contributed by atoms with Crippen LogP contribution in [0.2, 0.25) is 0 Å². The average Bonchev–Trinajstić information content (AvgIpc) is 2.59. The van der Waals surface area contributed by atoms with E-state index in [1.165, 1.54) is 0 Å². The summed E-state index contributed by atoms with van der Waals surface area (Å²) in [5.74, 6) is -2.57. The van der Waals surface area contributed by atoms with Crippen LogP contribution in [0.5, 0.6) is 0 Å². The van der Waals surface area contributed by atoms with Gasteiger partial charge in [0, 0.05) is 12.3 Å². The van der Waals surface area contributed by atoms with Gasteiger partial charge in [0.05, 0.1) is 6.04 Å². The Morgan fingerprint density at radius 2 is 1.81 bits per heavy atom. The van der Waals surface area contributed by atoms with E-state index in [4.69, 9.17) is 22.3 Å². The molecule has 0 aliphatic rings. The molecule has 0 aromatic carbocycles. The lowest BCUT2D eigenvalue weighted by molar-refractivity contribution is -0.141. The highest BCUT2D eigenvalue weighted by Crippen LogP contribution is 2.09. The van der Waals surface area contributed by atoms with Gasteiger partial charge in [0.15, 0.2) is 5.96 Å². The number of aliphatic carboxylic acids is 1. The molecule has 0 saturated heterocycles. The van der Waals surface area contributed by atoms with Crippen molar-refractivity contribution in [1.82, 2.24) is 10.6 Å². The first-order valence-electron chi connectivity index (χ1n) is 8.39. The number of hydrogen-bond donors (Lipinski definition) is 7. The zero-order valence-corrected chi connectivity index (χ0v) is 16.0. The fourth-order valence-electron chi connectivity index (χ4n) is 2.06. The first-order chi connectivity index (χ1) is 12.1. The highest BCUT2D eigenvalue weighted by atomic mass is 32.1. The molecule has 2 amide bonds. The molecule has 0 aliphatic heterocycles. The number of carboxylic acids is 1.